The molecule has 2 heterocycles. The van der Waals surface area contributed by atoms with Crippen molar-refractivity contribution in [3.8, 4) is 6.07 Å². The number of carbonyl (C=O) groups excluding carboxylic acids is 2. The van der Waals surface area contributed by atoms with Crippen molar-refractivity contribution in [3.05, 3.63) is 11.8 Å². The normalized spacial score (nSPS) is 20.7. The van der Waals surface area contributed by atoms with E-state index >= 15 is 0 Å². The summed E-state index contributed by atoms with van der Waals surface area (Å²) >= 11 is 0. The zero-order valence-corrected chi connectivity index (χ0v) is 11.9. The van der Waals surface area contributed by atoms with Crippen molar-refractivity contribution in [3.63, 3.8) is 0 Å². The Kier molecular flexibility index (Phi) is 5.72. The molecular formula is C14H20N4O3. The second-order valence-corrected chi connectivity index (χ2v) is 5.11. The monoisotopic (exact) mass is 292 g/mol. The lowest BCUT2D eigenvalue weighted by atomic mass is 9.97. The third-order valence-electron chi connectivity index (χ3n) is 3.72. The number of nitrogens with zero attached hydrogens (tertiary/aromatic N) is 2. The summed E-state index contributed by atoms with van der Waals surface area (Å²) in [6, 6.07) is 1.86. The van der Waals surface area contributed by atoms with Crippen LogP contribution in [0.1, 0.15) is 12.8 Å². The molecule has 0 bridgehead atoms. The highest BCUT2D eigenvalue weighted by Crippen LogP contribution is 2.11. The van der Waals surface area contributed by atoms with Crippen LogP contribution < -0.4 is 10.6 Å². The number of amides is 2. The van der Waals surface area contributed by atoms with Gasteiger partial charge in [-0.1, -0.05) is 0 Å². The van der Waals surface area contributed by atoms with E-state index in [4.69, 9.17) is 10.00 Å². The van der Waals surface area contributed by atoms with Gasteiger partial charge in [-0.3, -0.25) is 9.59 Å². The van der Waals surface area contributed by atoms with Crippen LogP contribution in [0.25, 0.3) is 0 Å². The van der Waals surface area contributed by atoms with Crippen LogP contribution in [0, 0.1) is 17.2 Å². The van der Waals surface area contributed by atoms with Gasteiger partial charge in [-0.2, -0.15) is 5.26 Å². The van der Waals surface area contributed by atoms with Crippen LogP contribution in [0.3, 0.4) is 0 Å². The van der Waals surface area contributed by atoms with Crippen molar-refractivity contribution in [1.82, 2.24) is 15.5 Å². The number of rotatable bonds is 3. The van der Waals surface area contributed by atoms with Crippen LogP contribution in [0.2, 0.25) is 0 Å². The van der Waals surface area contributed by atoms with Crippen LogP contribution in [0.4, 0.5) is 0 Å². The molecule has 0 atom stereocenters. The molecular weight excluding hydrogens is 272 g/mol. The zero-order chi connectivity index (χ0) is 15.1. The molecule has 2 fully saturated rings. The number of carbonyl (C=O) groups is 2. The highest BCUT2D eigenvalue weighted by atomic mass is 16.5. The molecule has 2 aliphatic heterocycles. The first-order chi connectivity index (χ1) is 10.2. The number of nitriles is 1. The first-order valence-electron chi connectivity index (χ1n) is 7.20. The van der Waals surface area contributed by atoms with Gasteiger partial charge in [0.15, 0.2) is 0 Å². The molecule has 2 amide bonds. The molecule has 0 aromatic carbocycles. The standard InChI is InChI=1S/C14H20N4O3/c15-9-12(14(20)18-5-7-21-8-6-18)10-17-13(19)11-1-3-16-4-2-11/h10-11,16H,1-8H2,(H,17,19)/b12-10-. The quantitative estimate of drug-likeness (QED) is 0.533. The van der Waals surface area contributed by atoms with Gasteiger partial charge in [-0.05, 0) is 25.9 Å². The Hall–Kier alpha value is -1.91. The third-order valence-corrected chi connectivity index (χ3v) is 3.72. The minimum Gasteiger partial charge on any atom is -0.378 e. The predicted molar refractivity (Wildman–Crippen MR) is 74.8 cm³/mol. The van der Waals surface area contributed by atoms with E-state index in [1.165, 1.54) is 6.20 Å². The van der Waals surface area contributed by atoms with Crippen molar-refractivity contribution in [2.45, 2.75) is 12.8 Å². The topological polar surface area (TPSA) is 94.5 Å². The van der Waals surface area contributed by atoms with E-state index in [1.54, 1.807) is 4.90 Å². The molecule has 21 heavy (non-hydrogen) atoms. The van der Waals surface area contributed by atoms with Crippen molar-refractivity contribution < 1.29 is 14.3 Å². The summed E-state index contributed by atoms with van der Waals surface area (Å²) < 4.78 is 5.17. The maximum atomic E-state index is 12.1. The van der Waals surface area contributed by atoms with E-state index in [9.17, 15) is 9.59 Å². The zero-order valence-electron chi connectivity index (χ0n) is 11.9. The molecule has 2 N–H and O–H groups in total. The fourth-order valence-corrected chi connectivity index (χ4v) is 2.42. The SMILES string of the molecule is N#C/C(=C/NC(=O)C1CCNCC1)C(=O)N1CCOCC1. The van der Waals surface area contributed by atoms with Crippen molar-refractivity contribution in [2.75, 3.05) is 39.4 Å². The molecule has 2 saturated heterocycles. The Bertz CT molecular complexity index is 457. The molecule has 7 nitrogen and oxygen atoms in total. The van der Waals surface area contributed by atoms with E-state index in [0.717, 1.165) is 25.9 Å². The van der Waals surface area contributed by atoms with Gasteiger partial charge in [0, 0.05) is 25.2 Å². The largest absolute Gasteiger partial charge is 0.378 e. The van der Waals surface area contributed by atoms with E-state index in [1.807, 2.05) is 6.07 Å². The van der Waals surface area contributed by atoms with Gasteiger partial charge in [0.2, 0.25) is 5.91 Å². The molecule has 114 valence electrons. The number of morpholine rings is 1. The molecule has 7 heteroatoms. The summed E-state index contributed by atoms with van der Waals surface area (Å²) in [6.45, 7) is 3.54. The summed E-state index contributed by atoms with van der Waals surface area (Å²) in [6.07, 6.45) is 2.79. The van der Waals surface area contributed by atoms with Gasteiger partial charge in [-0.15, -0.1) is 0 Å². The second kappa shape index (κ2) is 7.76. The first-order valence-corrected chi connectivity index (χ1v) is 7.20. The van der Waals surface area contributed by atoms with Crippen LogP contribution in [0.15, 0.2) is 11.8 Å². The Morgan fingerprint density at radius 2 is 1.95 bits per heavy atom. The highest BCUT2D eigenvalue weighted by molar-refractivity contribution is 5.97. The van der Waals surface area contributed by atoms with Gasteiger partial charge >= 0.3 is 0 Å². The number of nitrogens with one attached hydrogen (secondary N) is 2. The molecule has 0 saturated carbocycles. The van der Waals surface area contributed by atoms with Gasteiger partial charge in [-0.25, -0.2) is 0 Å². The maximum absolute atomic E-state index is 12.1. The Labute approximate surface area is 123 Å². The van der Waals surface area contributed by atoms with E-state index in [2.05, 4.69) is 10.6 Å². The average molecular weight is 292 g/mol. The molecule has 0 aromatic rings. The Balaban J connectivity index is 1.91. The van der Waals surface area contributed by atoms with E-state index < -0.39 is 0 Å². The van der Waals surface area contributed by atoms with Crippen LogP contribution in [-0.2, 0) is 14.3 Å². The number of hydrogen-bond donors (Lipinski definition) is 2. The van der Waals surface area contributed by atoms with Gasteiger partial charge in [0.25, 0.3) is 5.91 Å². The highest BCUT2D eigenvalue weighted by Gasteiger charge is 2.23. The molecule has 0 aromatic heterocycles. The number of ether oxygens (including phenoxy) is 1. The molecule has 0 unspecified atom stereocenters. The lowest BCUT2D eigenvalue weighted by Gasteiger charge is -2.26. The van der Waals surface area contributed by atoms with Gasteiger partial charge < -0.3 is 20.3 Å². The molecule has 0 radical (unpaired) electrons. The van der Waals surface area contributed by atoms with Gasteiger partial charge in [0.05, 0.1) is 13.2 Å². The second-order valence-electron chi connectivity index (χ2n) is 5.11. The minimum atomic E-state index is -0.355. The number of hydrogen-bond acceptors (Lipinski definition) is 5. The van der Waals surface area contributed by atoms with Crippen LogP contribution in [-0.4, -0.2) is 56.1 Å². The molecule has 0 aliphatic carbocycles. The van der Waals surface area contributed by atoms with Crippen molar-refractivity contribution in [1.29, 1.82) is 5.26 Å². The Morgan fingerprint density at radius 1 is 1.29 bits per heavy atom. The van der Waals surface area contributed by atoms with Crippen LogP contribution >= 0.6 is 0 Å². The summed E-state index contributed by atoms with van der Waals surface area (Å²) in [5.41, 5.74) is -0.0424. The lowest BCUT2D eigenvalue weighted by Crippen LogP contribution is -2.42. The Morgan fingerprint density at radius 3 is 2.57 bits per heavy atom. The summed E-state index contributed by atoms with van der Waals surface area (Å²) in [5.74, 6) is -0.536. The lowest BCUT2D eigenvalue weighted by molar-refractivity contribution is -0.130. The summed E-state index contributed by atoms with van der Waals surface area (Å²) in [5, 5.41) is 14.9. The smallest absolute Gasteiger partial charge is 0.266 e. The molecule has 0 spiro atoms. The summed E-state index contributed by atoms with van der Waals surface area (Å²) in [7, 11) is 0. The fourth-order valence-electron chi connectivity index (χ4n) is 2.42. The summed E-state index contributed by atoms with van der Waals surface area (Å²) in [4.78, 5) is 25.7. The van der Waals surface area contributed by atoms with Crippen molar-refractivity contribution >= 4 is 11.8 Å². The molecule has 2 aliphatic rings. The first kappa shape index (κ1) is 15.5. The third kappa shape index (κ3) is 4.28. The fraction of sp³-hybridized carbons (Fsp3) is 0.643. The number of piperidine rings is 1. The van der Waals surface area contributed by atoms with Gasteiger partial charge in [0.1, 0.15) is 11.6 Å². The molecule has 2 rings (SSSR count). The van der Waals surface area contributed by atoms with Crippen molar-refractivity contribution in [2.24, 2.45) is 5.92 Å². The maximum Gasteiger partial charge on any atom is 0.266 e. The van der Waals surface area contributed by atoms with E-state index in [0.29, 0.717) is 26.3 Å². The average Bonchev–Trinajstić information content (AvgIpc) is 2.56. The van der Waals surface area contributed by atoms with E-state index in [-0.39, 0.29) is 23.3 Å². The minimum absolute atomic E-state index is 0.0424. The predicted octanol–water partition coefficient (Wildman–Crippen LogP) is -0.632. The van der Waals surface area contributed by atoms with Crippen LogP contribution in [0.5, 0.6) is 0 Å².